The summed E-state index contributed by atoms with van der Waals surface area (Å²) in [6, 6.07) is 12.7. The summed E-state index contributed by atoms with van der Waals surface area (Å²) in [6.07, 6.45) is 0. The van der Waals surface area contributed by atoms with Gasteiger partial charge >= 0.3 is 0 Å². The highest BCUT2D eigenvalue weighted by atomic mass is 19.1. The molecular weight excluding hydrogens is 233 g/mol. The highest BCUT2D eigenvalue weighted by molar-refractivity contribution is 5.91. The predicted molar refractivity (Wildman–Crippen MR) is 66.8 cm³/mol. The van der Waals surface area contributed by atoms with E-state index in [0.29, 0.717) is 17.1 Å². The fourth-order valence-corrected chi connectivity index (χ4v) is 1.46. The van der Waals surface area contributed by atoms with Crippen molar-refractivity contribution in [2.45, 2.75) is 0 Å². The molecule has 0 amide bonds. The summed E-state index contributed by atoms with van der Waals surface area (Å²) in [4.78, 5) is 0. The van der Waals surface area contributed by atoms with E-state index in [0.717, 1.165) is 0 Å². The van der Waals surface area contributed by atoms with E-state index in [1.807, 2.05) is 0 Å². The van der Waals surface area contributed by atoms with E-state index in [4.69, 9.17) is 14.9 Å². The highest BCUT2D eigenvalue weighted by Crippen LogP contribution is 2.22. The molecule has 0 saturated heterocycles. The molecule has 18 heavy (non-hydrogen) atoms. The fourth-order valence-electron chi connectivity index (χ4n) is 1.46. The molecule has 0 aliphatic carbocycles. The first-order valence-electron chi connectivity index (χ1n) is 5.35. The number of hydrogen-bond acceptors (Lipinski definition) is 3. The molecule has 0 radical (unpaired) electrons. The minimum atomic E-state index is -0.342. The lowest BCUT2D eigenvalue weighted by atomic mass is 10.2. The normalized spacial score (nSPS) is 9.89. The van der Waals surface area contributed by atoms with E-state index >= 15 is 0 Å². The van der Waals surface area contributed by atoms with Crippen molar-refractivity contribution in [1.29, 1.82) is 5.41 Å². The minimum absolute atomic E-state index is 0.0901. The molecule has 0 atom stereocenters. The summed E-state index contributed by atoms with van der Waals surface area (Å²) in [6.45, 7) is 0. The fraction of sp³-hybridized carbons (Fsp3) is 0.0714. The van der Waals surface area contributed by atoms with Crippen molar-refractivity contribution in [3.05, 3.63) is 59.9 Å². The van der Waals surface area contributed by atoms with Crippen molar-refractivity contribution >= 4 is 5.90 Å². The largest absolute Gasteiger partial charge is 0.481 e. The minimum Gasteiger partial charge on any atom is -0.481 e. The maximum Gasteiger partial charge on any atom is 0.212 e. The van der Waals surface area contributed by atoms with E-state index < -0.39 is 0 Å². The van der Waals surface area contributed by atoms with Gasteiger partial charge in [-0.2, -0.15) is 0 Å². The number of hydrogen-bond donors (Lipinski definition) is 1. The smallest absolute Gasteiger partial charge is 0.212 e. The van der Waals surface area contributed by atoms with Crippen molar-refractivity contribution in [3.8, 4) is 11.5 Å². The van der Waals surface area contributed by atoms with Gasteiger partial charge in [-0.15, -0.1) is 0 Å². The average molecular weight is 245 g/mol. The highest BCUT2D eigenvalue weighted by Gasteiger charge is 2.02. The molecule has 92 valence electrons. The molecule has 2 aromatic carbocycles. The molecule has 0 bridgehead atoms. The molecule has 0 saturated carbocycles. The number of rotatable bonds is 3. The third-order valence-electron chi connectivity index (χ3n) is 2.35. The van der Waals surface area contributed by atoms with Gasteiger partial charge in [-0.05, 0) is 36.4 Å². The van der Waals surface area contributed by atoms with Crippen molar-refractivity contribution in [2.24, 2.45) is 0 Å². The van der Waals surface area contributed by atoms with Gasteiger partial charge in [0.25, 0.3) is 0 Å². The van der Waals surface area contributed by atoms with Crippen molar-refractivity contribution in [2.75, 3.05) is 7.11 Å². The Morgan fingerprint density at radius 1 is 1.06 bits per heavy atom. The number of halogens is 1. The lowest BCUT2D eigenvalue weighted by molar-refractivity contribution is 0.401. The van der Waals surface area contributed by atoms with Crippen LogP contribution in [0, 0.1) is 11.2 Å². The predicted octanol–water partition coefficient (Wildman–Crippen LogP) is 3.59. The van der Waals surface area contributed by atoms with E-state index in [2.05, 4.69) is 0 Å². The Morgan fingerprint density at radius 3 is 2.39 bits per heavy atom. The molecule has 4 heteroatoms. The van der Waals surface area contributed by atoms with Crippen LogP contribution in [0.15, 0.2) is 48.5 Å². The van der Waals surface area contributed by atoms with Crippen LogP contribution in [0.3, 0.4) is 0 Å². The standard InChI is InChI=1S/C14H12FNO2/c1-17-14(16)10-5-7-12(8-6-10)18-13-4-2-3-11(15)9-13/h2-9,16H,1H3. The molecule has 0 aromatic heterocycles. The molecule has 0 heterocycles. The molecule has 1 N–H and O–H groups in total. The van der Waals surface area contributed by atoms with E-state index in [9.17, 15) is 4.39 Å². The van der Waals surface area contributed by atoms with Crippen LogP contribution < -0.4 is 4.74 Å². The van der Waals surface area contributed by atoms with Crippen LogP contribution in [0.1, 0.15) is 5.56 Å². The van der Waals surface area contributed by atoms with Gasteiger partial charge in [-0.1, -0.05) is 6.07 Å². The first kappa shape index (κ1) is 12.1. The summed E-state index contributed by atoms with van der Waals surface area (Å²) < 4.78 is 23.2. The van der Waals surface area contributed by atoms with Crippen LogP contribution in [0.5, 0.6) is 11.5 Å². The van der Waals surface area contributed by atoms with Gasteiger partial charge in [-0.25, -0.2) is 4.39 Å². The zero-order valence-electron chi connectivity index (χ0n) is 9.81. The van der Waals surface area contributed by atoms with E-state index in [1.165, 1.54) is 19.2 Å². The summed E-state index contributed by atoms with van der Waals surface area (Å²) in [7, 11) is 1.44. The van der Waals surface area contributed by atoms with Crippen LogP contribution in [0.25, 0.3) is 0 Å². The third-order valence-corrected chi connectivity index (χ3v) is 2.35. The van der Waals surface area contributed by atoms with Crippen LogP contribution in [-0.4, -0.2) is 13.0 Å². The zero-order chi connectivity index (χ0) is 13.0. The molecule has 2 rings (SSSR count). The summed E-state index contributed by atoms with van der Waals surface area (Å²) in [5.41, 5.74) is 0.657. The number of nitrogens with one attached hydrogen (secondary N) is 1. The van der Waals surface area contributed by atoms with E-state index in [-0.39, 0.29) is 11.7 Å². The molecule has 3 nitrogen and oxygen atoms in total. The van der Waals surface area contributed by atoms with Crippen molar-refractivity contribution in [3.63, 3.8) is 0 Å². The second-order valence-corrected chi connectivity index (χ2v) is 3.62. The Bertz CT molecular complexity index is 552. The van der Waals surface area contributed by atoms with Gasteiger partial charge in [-0.3, -0.25) is 5.41 Å². The maximum absolute atomic E-state index is 13.0. The second kappa shape index (κ2) is 5.31. The average Bonchev–Trinajstić information content (AvgIpc) is 2.39. The number of ether oxygens (including phenoxy) is 2. The lowest BCUT2D eigenvalue weighted by Gasteiger charge is -2.07. The second-order valence-electron chi connectivity index (χ2n) is 3.62. The molecule has 0 aliphatic rings. The first-order valence-corrected chi connectivity index (χ1v) is 5.35. The van der Waals surface area contributed by atoms with Gasteiger partial charge in [0.05, 0.1) is 7.11 Å². The molecule has 0 aliphatic heterocycles. The van der Waals surface area contributed by atoms with Crippen molar-refractivity contribution in [1.82, 2.24) is 0 Å². The number of benzene rings is 2. The summed E-state index contributed by atoms with van der Waals surface area (Å²) >= 11 is 0. The summed E-state index contributed by atoms with van der Waals surface area (Å²) in [5.74, 6) is 0.760. The molecule has 2 aromatic rings. The van der Waals surface area contributed by atoms with Gasteiger partial charge < -0.3 is 9.47 Å². The monoisotopic (exact) mass is 245 g/mol. The molecular formula is C14H12FNO2. The maximum atomic E-state index is 13.0. The Morgan fingerprint density at radius 2 is 1.78 bits per heavy atom. The zero-order valence-corrected chi connectivity index (χ0v) is 9.81. The van der Waals surface area contributed by atoms with Crippen molar-refractivity contribution < 1.29 is 13.9 Å². The van der Waals surface area contributed by atoms with Crippen LogP contribution >= 0.6 is 0 Å². The van der Waals surface area contributed by atoms with Crippen LogP contribution in [0.2, 0.25) is 0 Å². The van der Waals surface area contributed by atoms with Crippen LogP contribution in [-0.2, 0) is 4.74 Å². The molecule has 0 spiro atoms. The first-order chi connectivity index (χ1) is 8.69. The Balaban J connectivity index is 2.13. The molecule has 0 unspecified atom stereocenters. The van der Waals surface area contributed by atoms with Gasteiger partial charge in [0, 0.05) is 11.6 Å². The lowest BCUT2D eigenvalue weighted by Crippen LogP contribution is -2.00. The van der Waals surface area contributed by atoms with Crippen LogP contribution in [0.4, 0.5) is 4.39 Å². The van der Waals surface area contributed by atoms with Gasteiger partial charge in [0.1, 0.15) is 17.3 Å². The quantitative estimate of drug-likeness (QED) is 0.663. The number of methoxy groups -OCH3 is 1. The Hall–Kier alpha value is -2.36. The Labute approximate surface area is 104 Å². The Kier molecular flexibility index (Phi) is 3.57. The van der Waals surface area contributed by atoms with Gasteiger partial charge in [0.15, 0.2) is 0 Å². The van der Waals surface area contributed by atoms with E-state index in [1.54, 1.807) is 36.4 Å². The molecule has 0 fully saturated rings. The SMILES string of the molecule is COC(=N)c1ccc(Oc2cccc(F)c2)cc1. The summed E-state index contributed by atoms with van der Waals surface area (Å²) in [5, 5.41) is 7.49. The van der Waals surface area contributed by atoms with Gasteiger partial charge in [0.2, 0.25) is 5.90 Å². The third kappa shape index (κ3) is 2.85. The topological polar surface area (TPSA) is 42.3 Å².